The average molecular weight is 201 g/mol. The number of aryl methyl sites for hydroxylation is 1. The van der Waals surface area contributed by atoms with Crippen LogP contribution in [0.5, 0.6) is 0 Å². The minimum absolute atomic E-state index is 0.456. The van der Waals surface area contributed by atoms with Gasteiger partial charge in [-0.15, -0.1) is 0 Å². The predicted molar refractivity (Wildman–Crippen MR) is 67.9 cm³/mol. The topological polar surface area (TPSA) is 12.4 Å². The Labute approximate surface area is 92.6 Å². The van der Waals surface area contributed by atoms with Crippen molar-refractivity contribution in [1.82, 2.24) is 0 Å². The van der Waals surface area contributed by atoms with Crippen molar-refractivity contribution in [3.05, 3.63) is 42.0 Å². The van der Waals surface area contributed by atoms with Crippen LogP contribution in [0.4, 0.5) is 5.69 Å². The van der Waals surface area contributed by atoms with Gasteiger partial charge in [0.05, 0.1) is 5.69 Å². The van der Waals surface area contributed by atoms with E-state index in [9.17, 15) is 0 Å². The Morgan fingerprint density at radius 2 is 1.87 bits per heavy atom. The normalized spacial score (nSPS) is 11.9. The van der Waals surface area contributed by atoms with E-state index in [0.29, 0.717) is 5.92 Å². The molecule has 15 heavy (non-hydrogen) atoms. The molecule has 0 bridgehead atoms. The third-order valence-corrected chi connectivity index (χ3v) is 2.57. The highest BCUT2D eigenvalue weighted by atomic mass is 14.7. The van der Waals surface area contributed by atoms with Crippen molar-refractivity contribution in [3.63, 3.8) is 0 Å². The molecule has 1 rings (SSSR count). The highest BCUT2D eigenvalue weighted by molar-refractivity contribution is 5.99. The summed E-state index contributed by atoms with van der Waals surface area (Å²) in [6.07, 6.45) is 0. The van der Waals surface area contributed by atoms with Crippen molar-refractivity contribution in [1.29, 1.82) is 0 Å². The fourth-order valence-electron chi connectivity index (χ4n) is 1.36. The van der Waals surface area contributed by atoms with Gasteiger partial charge in [-0.25, -0.2) is 0 Å². The minimum atomic E-state index is 0.456. The fourth-order valence-corrected chi connectivity index (χ4v) is 1.36. The van der Waals surface area contributed by atoms with Gasteiger partial charge in [0.25, 0.3) is 0 Å². The van der Waals surface area contributed by atoms with E-state index in [0.717, 1.165) is 17.0 Å². The highest BCUT2D eigenvalue weighted by Gasteiger charge is 2.04. The van der Waals surface area contributed by atoms with Gasteiger partial charge in [0.2, 0.25) is 0 Å². The maximum absolute atomic E-state index is 4.60. The lowest BCUT2D eigenvalue weighted by atomic mass is 10.0. The van der Waals surface area contributed by atoms with Crippen LogP contribution in [0.3, 0.4) is 0 Å². The molecule has 0 fully saturated rings. The Morgan fingerprint density at radius 3 is 2.40 bits per heavy atom. The zero-order valence-corrected chi connectivity index (χ0v) is 10.0. The standard InChI is InChI=1S/C14H19N/c1-10(2)12(4)13(5)15-14-9-7-6-8-11(14)3/h6-10H,4H2,1-3,5H3/b15-13-. The van der Waals surface area contributed by atoms with E-state index in [2.05, 4.69) is 38.4 Å². The summed E-state index contributed by atoms with van der Waals surface area (Å²) in [4.78, 5) is 4.60. The molecule has 80 valence electrons. The molecule has 0 aromatic heterocycles. The van der Waals surface area contributed by atoms with Crippen LogP contribution in [-0.2, 0) is 0 Å². The van der Waals surface area contributed by atoms with E-state index in [1.54, 1.807) is 0 Å². The van der Waals surface area contributed by atoms with Gasteiger partial charge in [-0.2, -0.15) is 0 Å². The van der Waals surface area contributed by atoms with Crippen molar-refractivity contribution < 1.29 is 0 Å². The third kappa shape index (κ3) is 3.05. The molecule has 0 amide bonds. The second-order valence-corrected chi connectivity index (χ2v) is 4.16. The van der Waals surface area contributed by atoms with Crippen LogP contribution in [-0.4, -0.2) is 5.71 Å². The number of rotatable bonds is 3. The summed E-state index contributed by atoms with van der Waals surface area (Å²) in [6.45, 7) is 12.4. The maximum atomic E-state index is 4.60. The predicted octanol–water partition coefficient (Wildman–Crippen LogP) is 4.30. The van der Waals surface area contributed by atoms with E-state index in [-0.39, 0.29) is 0 Å². The molecule has 1 aromatic carbocycles. The van der Waals surface area contributed by atoms with Gasteiger partial charge >= 0.3 is 0 Å². The average Bonchev–Trinajstić information content (AvgIpc) is 2.20. The number of hydrogen-bond acceptors (Lipinski definition) is 1. The summed E-state index contributed by atoms with van der Waals surface area (Å²) in [7, 11) is 0. The molecule has 0 heterocycles. The first-order chi connectivity index (χ1) is 7.02. The molecule has 1 nitrogen and oxygen atoms in total. The monoisotopic (exact) mass is 201 g/mol. The van der Waals surface area contributed by atoms with Crippen molar-refractivity contribution >= 4 is 11.4 Å². The number of benzene rings is 1. The molecule has 1 heteroatoms. The zero-order chi connectivity index (χ0) is 11.4. The Morgan fingerprint density at radius 1 is 1.27 bits per heavy atom. The molecule has 0 aliphatic carbocycles. The number of allylic oxidation sites excluding steroid dienone is 1. The van der Waals surface area contributed by atoms with E-state index in [1.165, 1.54) is 5.56 Å². The lowest BCUT2D eigenvalue weighted by Gasteiger charge is -2.09. The molecule has 1 aromatic rings. The number of para-hydroxylation sites is 1. The van der Waals surface area contributed by atoms with E-state index in [1.807, 2.05) is 25.1 Å². The van der Waals surface area contributed by atoms with E-state index >= 15 is 0 Å². The van der Waals surface area contributed by atoms with E-state index in [4.69, 9.17) is 0 Å². The van der Waals surface area contributed by atoms with Crippen LogP contribution < -0.4 is 0 Å². The molecule has 0 saturated carbocycles. The first-order valence-electron chi connectivity index (χ1n) is 5.32. The number of nitrogens with zero attached hydrogens (tertiary/aromatic N) is 1. The summed E-state index contributed by atoms with van der Waals surface area (Å²) < 4.78 is 0. The van der Waals surface area contributed by atoms with Gasteiger partial charge in [0.15, 0.2) is 0 Å². The molecule has 0 N–H and O–H groups in total. The largest absolute Gasteiger partial charge is 0.253 e. The first kappa shape index (κ1) is 11.7. The molecular weight excluding hydrogens is 182 g/mol. The Hall–Kier alpha value is -1.37. The second kappa shape index (κ2) is 4.92. The van der Waals surface area contributed by atoms with Crippen LogP contribution in [0, 0.1) is 12.8 Å². The molecule has 0 aliphatic rings. The van der Waals surface area contributed by atoms with E-state index < -0.39 is 0 Å². The SMILES string of the molecule is C=C(/C(C)=N\c1ccccc1C)C(C)C. The Kier molecular flexibility index (Phi) is 3.84. The lowest BCUT2D eigenvalue weighted by molar-refractivity contribution is 0.805. The molecule has 0 radical (unpaired) electrons. The van der Waals surface area contributed by atoms with Gasteiger partial charge in [-0.05, 0) is 37.0 Å². The molecule has 0 unspecified atom stereocenters. The lowest BCUT2D eigenvalue weighted by Crippen LogP contribution is -2.02. The summed E-state index contributed by atoms with van der Waals surface area (Å²) in [6, 6.07) is 8.15. The summed E-state index contributed by atoms with van der Waals surface area (Å²) in [5.41, 5.74) is 4.38. The van der Waals surface area contributed by atoms with Gasteiger partial charge in [0.1, 0.15) is 0 Å². The zero-order valence-electron chi connectivity index (χ0n) is 10.0. The molecule has 0 atom stereocenters. The van der Waals surface area contributed by atoms with Crippen LogP contribution in [0.25, 0.3) is 0 Å². The van der Waals surface area contributed by atoms with Gasteiger partial charge < -0.3 is 0 Å². The number of hydrogen-bond donors (Lipinski definition) is 0. The van der Waals surface area contributed by atoms with Crippen molar-refractivity contribution in [2.45, 2.75) is 27.7 Å². The Bertz CT molecular complexity index is 386. The maximum Gasteiger partial charge on any atom is 0.0662 e. The molecular formula is C14H19N. The minimum Gasteiger partial charge on any atom is -0.253 e. The quantitative estimate of drug-likeness (QED) is 0.646. The highest BCUT2D eigenvalue weighted by Crippen LogP contribution is 2.20. The summed E-state index contributed by atoms with van der Waals surface area (Å²) >= 11 is 0. The van der Waals surface area contributed by atoms with Crippen LogP contribution >= 0.6 is 0 Å². The van der Waals surface area contributed by atoms with Crippen molar-refractivity contribution in [3.8, 4) is 0 Å². The van der Waals surface area contributed by atoms with Crippen LogP contribution in [0.15, 0.2) is 41.4 Å². The summed E-state index contributed by atoms with van der Waals surface area (Å²) in [5.74, 6) is 0.456. The first-order valence-corrected chi connectivity index (χ1v) is 5.32. The molecule has 0 spiro atoms. The second-order valence-electron chi connectivity index (χ2n) is 4.16. The third-order valence-electron chi connectivity index (χ3n) is 2.57. The van der Waals surface area contributed by atoms with Crippen molar-refractivity contribution in [2.24, 2.45) is 10.9 Å². The fraction of sp³-hybridized carbons (Fsp3) is 0.357. The Balaban J connectivity index is 2.98. The van der Waals surface area contributed by atoms with Crippen molar-refractivity contribution in [2.75, 3.05) is 0 Å². The van der Waals surface area contributed by atoms with Gasteiger partial charge in [0, 0.05) is 5.71 Å². The number of aliphatic imine (C=N–C) groups is 1. The van der Waals surface area contributed by atoms with Crippen LogP contribution in [0.1, 0.15) is 26.3 Å². The molecule has 0 aliphatic heterocycles. The molecule has 0 saturated heterocycles. The smallest absolute Gasteiger partial charge is 0.0662 e. The van der Waals surface area contributed by atoms with Gasteiger partial charge in [-0.1, -0.05) is 38.6 Å². The van der Waals surface area contributed by atoms with Crippen LogP contribution in [0.2, 0.25) is 0 Å². The van der Waals surface area contributed by atoms with Gasteiger partial charge in [-0.3, -0.25) is 4.99 Å². The summed E-state index contributed by atoms with van der Waals surface area (Å²) in [5, 5.41) is 0.